The third-order valence-corrected chi connectivity index (χ3v) is 6.24. The average molecular weight is 246 g/mol. The van der Waals surface area contributed by atoms with E-state index in [2.05, 4.69) is 11.8 Å². The summed E-state index contributed by atoms with van der Waals surface area (Å²) in [5.41, 5.74) is 5.96. The molecule has 5 heteroatoms. The number of nitrogens with zero attached hydrogens (tertiary/aromatic N) is 1. The van der Waals surface area contributed by atoms with Crippen LogP contribution in [0, 0.1) is 5.92 Å². The van der Waals surface area contributed by atoms with Crippen molar-refractivity contribution in [2.24, 2.45) is 11.7 Å². The van der Waals surface area contributed by atoms with Gasteiger partial charge in [-0.3, -0.25) is 0 Å². The van der Waals surface area contributed by atoms with Crippen molar-refractivity contribution >= 4 is 9.84 Å². The molecule has 2 aliphatic rings. The van der Waals surface area contributed by atoms with Crippen LogP contribution in [-0.2, 0) is 9.84 Å². The van der Waals surface area contributed by atoms with Crippen LogP contribution in [0.4, 0.5) is 0 Å². The zero-order valence-electron chi connectivity index (χ0n) is 9.93. The Morgan fingerprint density at radius 2 is 2.12 bits per heavy atom. The minimum atomic E-state index is -2.79. The lowest BCUT2D eigenvalue weighted by molar-refractivity contribution is 0.164. The number of hydrogen-bond donors (Lipinski definition) is 1. The number of hydrogen-bond acceptors (Lipinski definition) is 4. The fourth-order valence-corrected chi connectivity index (χ4v) is 4.63. The van der Waals surface area contributed by atoms with Crippen molar-refractivity contribution in [2.75, 3.05) is 25.4 Å². The molecule has 3 unspecified atom stereocenters. The van der Waals surface area contributed by atoms with Crippen molar-refractivity contribution in [3.8, 4) is 0 Å². The molecule has 4 nitrogen and oxygen atoms in total. The molecule has 0 spiro atoms. The van der Waals surface area contributed by atoms with Crippen LogP contribution in [0.25, 0.3) is 0 Å². The molecule has 2 rings (SSSR count). The smallest absolute Gasteiger partial charge is 0.154 e. The van der Waals surface area contributed by atoms with Crippen LogP contribution in [0.5, 0.6) is 0 Å². The molecule has 2 aliphatic heterocycles. The van der Waals surface area contributed by atoms with E-state index in [9.17, 15) is 8.42 Å². The Balaban J connectivity index is 1.91. The molecule has 2 N–H and O–H groups in total. The maximum Gasteiger partial charge on any atom is 0.154 e. The molecule has 0 aromatic rings. The fraction of sp³-hybridized carbons (Fsp3) is 1.00. The van der Waals surface area contributed by atoms with E-state index in [-0.39, 0.29) is 11.3 Å². The van der Waals surface area contributed by atoms with Gasteiger partial charge in [0.1, 0.15) is 0 Å². The van der Waals surface area contributed by atoms with Gasteiger partial charge in [0.2, 0.25) is 0 Å². The molecular formula is C11H22N2O2S. The highest BCUT2D eigenvalue weighted by molar-refractivity contribution is 7.92. The summed E-state index contributed by atoms with van der Waals surface area (Å²) in [4.78, 5) is 2.28. The molecule has 0 radical (unpaired) electrons. The lowest BCUT2D eigenvalue weighted by Gasteiger charge is -2.36. The zero-order valence-corrected chi connectivity index (χ0v) is 10.7. The van der Waals surface area contributed by atoms with E-state index >= 15 is 0 Å². The van der Waals surface area contributed by atoms with Gasteiger partial charge in [-0.25, -0.2) is 8.42 Å². The van der Waals surface area contributed by atoms with Gasteiger partial charge in [-0.05, 0) is 31.7 Å². The van der Waals surface area contributed by atoms with Crippen molar-refractivity contribution in [1.82, 2.24) is 4.90 Å². The summed E-state index contributed by atoms with van der Waals surface area (Å²) in [7, 11) is -2.79. The molecule has 16 heavy (non-hydrogen) atoms. The average Bonchev–Trinajstić information content (AvgIpc) is 2.52. The minimum absolute atomic E-state index is 0.117. The Labute approximate surface area is 98.1 Å². The zero-order chi connectivity index (χ0) is 11.8. The Morgan fingerprint density at radius 3 is 2.69 bits per heavy atom. The summed E-state index contributed by atoms with van der Waals surface area (Å²) in [5, 5.41) is -0.117. The van der Waals surface area contributed by atoms with Crippen LogP contribution in [0.3, 0.4) is 0 Å². The van der Waals surface area contributed by atoms with Crippen LogP contribution in [-0.4, -0.2) is 50.0 Å². The van der Waals surface area contributed by atoms with Gasteiger partial charge in [0.25, 0.3) is 0 Å². The van der Waals surface area contributed by atoms with Gasteiger partial charge in [0, 0.05) is 19.1 Å². The van der Waals surface area contributed by atoms with Crippen LogP contribution in [0.1, 0.15) is 26.2 Å². The van der Waals surface area contributed by atoms with Crippen LogP contribution >= 0.6 is 0 Å². The number of rotatable bonds is 2. The quantitative estimate of drug-likeness (QED) is 0.758. The van der Waals surface area contributed by atoms with E-state index in [0.717, 1.165) is 38.9 Å². The largest absolute Gasteiger partial charge is 0.327 e. The molecular weight excluding hydrogens is 224 g/mol. The highest BCUT2D eigenvalue weighted by Gasteiger charge is 2.34. The molecule has 0 aliphatic carbocycles. The lowest BCUT2D eigenvalue weighted by atomic mass is 9.94. The standard InChI is InChI=1S/C11H22N2O2S/c1-9-7-13(5-4-11(9)12)8-10-3-2-6-16(10,14)15/h9-11H,2-8,12H2,1H3. The van der Waals surface area contributed by atoms with E-state index in [1.165, 1.54) is 0 Å². The third kappa shape index (κ3) is 2.57. The summed E-state index contributed by atoms with van der Waals surface area (Å²) in [6.45, 7) is 4.78. The second kappa shape index (κ2) is 4.63. The monoisotopic (exact) mass is 246 g/mol. The van der Waals surface area contributed by atoms with E-state index in [1.807, 2.05) is 0 Å². The maximum absolute atomic E-state index is 11.7. The van der Waals surface area contributed by atoms with Gasteiger partial charge in [0.15, 0.2) is 9.84 Å². The molecule has 2 fully saturated rings. The van der Waals surface area contributed by atoms with Crippen LogP contribution in [0.2, 0.25) is 0 Å². The number of piperidine rings is 1. The molecule has 0 bridgehead atoms. The van der Waals surface area contributed by atoms with Crippen LogP contribution < -0.4 is 5.73 Å². The second-order valence-electron chi connectivity index (χ2n) is 5.32. The Hall–Kier alpha value is -0.130. The molecule has 94 valence electrons. The minimum Gasteiger partial charge on any atom is -0.327 e. The highest BCUT2D eigenvalue weighted by atomic mass is 32.2. The van der Waals surface area contributed by atoms with Gasteiger partial charge in [-0.2, -0.15) is 0 Å². The summed E-state index contributed by atoms with van der Waals surface area (Å²) < 4.78 is 23.5. The molecule has 0 saturated carbocycles. The van der Waals surface area contributed by atoms with E-state index in [1.54, 1.807) is 0 Å². The topological polar surface area (TPSA) is 63.4 Å². The summed E-state index contributed by atoms with van der Waals surface area (Å²) in [6.07, 6.45) is 2.68. The number of likely N-dealkylation sites (tertiary alicyclic amines) is 1. The van der Waals surface area contributed by atoms with E-state index < -0.39 is 9.84 Å². The maximum atomic E-state index is 11.7. The SMILES string of the molecule is CC1CN(CC2CCCS2(=O)=O)CCC1N. The number of sulfone groups is 1. The predicted molar refractivity (Wildman–Crippen MR) is 65.0 cm³/mol. The first-order chi connectivity index (χ1) is 7.49. The Morgan fingerprint density at radius 1 is 1.38 bits per heavy atom. The predicted octanol–water partition coefficient (Wildman–Crippen LogP) is 0.233. The Kier molecular flexibility index (Phi) is 3.56. The summed E-state index contributed by atoms with van der Waals surface area (Å²) in [6, 6.07) is 0.288. The Bertz CT molecular complexity index is 342. The lowest BCUT2D eigenvalue weighted by Crippen LogP contribution is -2.48. The van der Waals surface area contributed by atoms with Crippen molar-refractivity contribution in [3.63, 3.8) is 0 Å². The molecule has 2 saturated heterocycles. The van der Waals surface area contributed by atoms with E-state index in [4.69, 9.17) is 5.73 Å². The van der Waals surface area contributed by atoms with Crippen molar-refractivity contribution in [1.29, 1.82) is 0 Å². The van der Waals surface area contributed by atoms with Gasteiger partial charge < -0.3 is 10.6 Å². The van der Waals surface area contributed by atoms with E-state index in [0.29, 0.717) is 11.7 Å². The summed E-state index contributed by atoms with van der Waals surface area (Å²) in [5.74, 6) is 0.874. The second-order valence-corrected chi connectivity index (χ2v) is 7.72. The molecule has 2 heterocycles. The molecule has 3 atom stereocenters. The van der Waals surface area contributed by atoms with Crippen molar-refractivity contribution in [3.05, 3.63) is 0 Å². The van der Waals surface area contributed by atoms with Gasteiger partial charge in [-0.15, -0.1) is 0 Å². The van der Waals surface area contributed by atoms with Crippen molar-refractivity contribution in [2.45, 2.75) is 37.5 Å². The first-order valence-corrected chi connectivity index (χ1v) is 7.90. The first-order valence-electron chi connectivity index (χ1n) is 6.18. The van der Waals surface area contributed by atoms with Crippen LogP contribution in [0.15, 0.2) is 0 Å². The molecule has 0 amide bonds. The third-order valence-electron chi connectivity index (χ3n) is 3.98. The molecule has 0 aromatic carbocycles. The van der Waals surface area contributed by atoms with Gasteiger partial charge >= 0.3 is 0 Å². The van der Waals surface area contributed by atoms with Gasteiger partial charge in [0.05, 0.1) is 11.0 Å². The first kappa shape index (κ1) is 12.3. The fourth-order valence-electron chi connectivity index (χ4n) is 2.77. The normalized spacial score (nSPS) is 40.0. The van der Waals surface area contributed by atoms with Crippen molar-refractivity contribution < 1.29 is 8.42 Å². The van der Waals surface area contributed by atoms with Gasteiger partial charge in [-0.1, -0.05) is 6.92 Å². The number of nitrogens with two attached hydrogens (primary N) is 1. The highest BCUT2D eigenvalue weighted by Crippen LogP contribution is 2.23. The summed E-state index contributed by atoms with van der Waals surface area (Å²) >= 11 is 0. The molecule has 0 aromatic heterocycles.